The molecular formula is C29H30N4O5. The van der Waals surface area contributed by atoms with E-state index in [4.69, 9.17) is 9.47 Å². The highest BCUT2D eigenvalue weighted by atomic mass is 16.5. The van der Waals surface area contributed by atoms with Crippen molar-refractivity contribution in [1.82, 2.24) is 9.88 Å². The summed E-state index contributed by atoms with van der Waals surface area (Å²) in [6.07, 6.45) is 1.55. The molecule has 38 heavy (non-hydrogen) atoms. The van der Waals surface area contributed by atoms with Crippen LogP contribution in [0.25, 0.3) is 11.8 Å². The Hall–Kier alpha value is -4.37. The molecule has 0 atom stereocenters. The zero-order valence-electron chi connectivity index (χ0n) is 21.7. The first-order chi connectivity index (χ1) is 18.4. The molecule has 2 fully saturated rings. The number of barbiturate groups is 1. The Morgan fingerprint density at radius 3 is 2.21 bits per heavy atom. The normalized spacial score (nSPS) is 17.2. The molecule has 0 saturated carbocycles. The lowest BCUT2D eigenvalue weighted by atomic mass is 10.1. The van der Waals surface area contributed by atoms with E-state index in [1.54, 1.807) is 30.3 Å². The molecule has 3 heterocycles. The first kappa shape index (κ1) is 25.3. The molecule has 5 rings (SSSR count). The molecule has 0 spiro atoms. The molecule has 0 unspecified atom stereocenters. The van der Waals surface area contributed by atoms with Crippen LogP contribution >= 0.6 is 0 Å². The summed E-state index contributed by atoms with van der Waals surface area (Å²) in [6, 6.07) is 16.0. The number of ether oxygens (including phenoxy) is 2. The summed E-state index contributed by atoms with van der Waals surface area (Å²) in [7, 11) is 0. The molecule has 0 bridgehead atoms. The van der Waals surface area contributed by atoms with Crippen LogP contribution in [0.2, 0.25) is 0 Å². The molecule has 9 nitrogen and oxygen atoms in total. The van der Waals surface area contributed by atoms with Crippen LogP contribution in [0.15, 0.2) is 60.2 Å². The van der Waals surface area contributed by atoms with E-state index in [0.717, 1.165) is 59.5 Å². The SMILES string of the molecule is CCOc1ccc(N2C(=O)NC(=O)/C(=C\c3cc(C)n(-c4ccc(N5CCOCC5)cc4)c3C)C2=O)cc1. The highest BCUT2D eigenvalue weighted by Gasteiger charge is 2.37. The van der Waals surface area contributed by atoms with Crippen LogP contribution in [0.3, 0.4) is 0 Å². The monoisotopic (exact) mass is 514 g/mol. The topological polar surface area (TPSA) is 93.1 Å². The number of morpholine rings is 1. The number of nitrogens with one attached hydrogen (secondary N) is 1. The number of amides is 4. The standard InChI is InChI=1S/C29H30N4O5/c1-4-38-25-11-9-24(10-12-25)33-28(35)26(27(34)30-29(33)36)18-21-17-19(2)32(20(21)3)23-7-5-22(6-8-23)31-13-15-37-16-14-31/h5-12,17-18H,4,13-16H2,1-3H3,(H,30,34,36)/b26-18+. The largest absolute Gasteiger partial charge is 0.494 e. The van der Waals surface area contributed by atoms with Gasteiger partial charge in [0.2, 0.25) is 0 Å². The number of rotatable bonds is 6. The van der Waals surface area contributed by atoms with Crippen LogP contribution in [-0.2, 0) is 14.3 Å². The van der Waals surface area contributed by atoms with Crippen molar-refractivity contribution in [2.45, 2.75) is 20.8 Å². The van der Waals surface area contributed by atoms with Crippen molar-refractivity contribution >= 4 is 35.3 Å². The lowest BCUT2D eigenvalue weighted by Gasteiger charge is -2.29. The lowest BCUT2D eigenvalue weighted by Crippen LogP contribution is -2.54. The molecule has 1 N–H and O–H groups in total. The number of hydrogen-bond donors (Lipinski definition) is 1. The molecule has 196 valence electrons. The predicted octanol–water partition coefficient (Wildman–Crippen LogP) is 4.00. The van der Waals surface area contributed by atoms with E-state index in [-0.39, 0.29) is 5.57 Å². The Balaban J connectivity index is 1.43. The summed E-state index contributed by atoms with van der Waals surface area (Å²) in [5, 5.41) is 2.29. The first-order valence-electron chi connectivity index (χ1n) is 12.6. The molecule has 0 radical (unpaired) electrons. The maximum Gasteiger partial charge on any atom is 0.335 e. The minimum Gasteiger partial charge on any atom is -0.494 e. The second-order valence-electron chi connectivity index (χ2n) is 9.16. The second-order valence-corrected chi connectivity index (χ2v) is 9.16. The van der Waals surface area contributed by atoms with E-state index in [9.17, 15) is 14.4 Å². The Kier molecular flexibility index (Phi) is 7.02. The summed E-state index contributed by atoms with van der Waals surface area (Å²) in [5.41, 5.74) is 4.91. The van der Waals surface area contributed by atoms with Gasteiger partial charge >= 0.3 is 6.03 Å². The average molecular weight is 515 g/mol. The van der Waals surface area contributed by atoms with Crippen LogP contribution in [0.5, 0.6) is 5.75 Å². The van der Waals surface area contributed by atoms with Crippen LogP contribution in [0, 0.1) is 13.8 Å². The zero-order valence-corrected chi connectivity index (χ0v) is 21.7. The van der Waals surface area contributed by atoms with Crippen LogP contribution in [0.4, 0.5) is 16.2 Å². The second kappa shape index (κ2) is 10.5. The maximum absolute atomic E-state index is 13.3. The van der Waals surface area contributed by atoms with Crippen molar-refractivity contribution in [3.63, 3.8) is 0 Å². The van der Waals surface area contributed by atoms with E-state index < -0.39 is 17.8 Å². The number of nitrogens with zero attached hydrogens (tertiary/aromatic N) is 3. The number of urea groups is 1. The van der Waals surface area contributed by atoms with Crippen molar-refractivity contribution in [1.29, 1.82) is 0 Å². The van der Waals surface area contributed by atoms with E-state index in [1.165, 1.54) is 0 Å². The third-order valence-electron chi connectivity index (χ3n) is 6.76. The Morgan fingerprint density at radius 2 is 1.55 bits per heavy atom. The van der Waals surface area contributed by atoms with Crippen molar-refractivity contribution in [3.8, 4) is 11.4 Å². The van der Waals surface area contributed by atoms with Crippen molar-refractivity contribution in [2.24, 2.45) is 0 Å². The Labute approximate surface area is 221 Å². The lowest BCUT2D eigenvalue weighted by molar-refractivity contribution is -0.122. The molecular weight excluding hydrogens is 484 g/mol. The van der Waals surface area contributed by atoms with Gasteiger partial charge in [0.15, 0.2) is 0 Å². The first-order valence-corrected chi connectivity index (χ1v) is 12.6. The fourth-order valence-electron chi connectivity index (χ4n) is 4.87. The Morgan fingerprint density at radius 1 is 0.921 bits per heavy atom. The number of carbonyl (C=O) groups excluding carboxylic acids is 3. The molecule has 2 aliphatic heterocycles. The number of carbonyl (C=O) groups is 3. The molecule has 9 heteroatoms. The fourth-order valence-corrected chi connectivity index (χ4v) is 4.87. The van der Waals surface area contributed by atoms with Crippen molar-refractivity contribution in [3.05, 3.63) is 77.1 Å². The molecule has 0 aliphatic carbocycles. The third kappa shape index (κ3) is 4.80. The van der Waals surface area contributed by atoms with Crippen molar-refractivity contribution in [2.75, 3.05) is 42.7 Å². The van der Waals surface area contributed by atoms with Gasteiger partial charge in [-0.2, -0.15) is 0 Å². The third-order valence-corrected chi connectivity index (χ3v) is 6.76. The highest BCUT2D eigenvalue weighted by Crippen LogP contribution is 2.28. The fraction of sp³-hybridized carbons (Fsp3) is 0.276. The van der Waals surface area contributed by atoms with Gasteiger partial charge in [0.05, 0.1) is 25.5 Å². The van der Waals surface area contributed by atoms with E-state index in [1.807, 2.05) is 26.8 Å². The molecule has 2 aromatic carbocycles. The van der Waals surface area contributed by atoms with Gasteiger partial charge in [0.1, 0.15) is 11.3 Å². The van der Waals surface area contributed by atoms with Gasteiger partial charge in [-0.3, -0.25) is 14.9 Å². The summed E-state index contributed by atoms with van der Waals surface area (Å²) < 4.78 is 13.0. The van der Waals surface area contributed by atoms with Crippen LogP contribution in [0.1, 0.15) is 23.9 Å². The predicted molar refractivity (Wildman–Crippen MR) is 145 cm³/mol. The van der Waals surface area contributed by atoms with Crippen molar-refractivity contribution < 1.29 is 23.9 Å². The minimum atomic E-state index is -0.785. The van der Waals surface area contributed by atoms with Gasteiger partial charge in [-0.1, -0.05) is 0 Å². The smallest absolute Gasteiger partial charge is 0.335 e. The van der Waals surface area contributed by atoms with Gasteiger partial charge < -0.3 is 18.9 Å². The van der Waals surface area contributed by atoms with Gasteiger partial charge in [-0.05, 0) is 87.0 Å². The molecule has 2 saturated heterocycles. The minimum absolute atomic E-state index is 0.110. The number of hydrogen-bond acceptors (Lipinski definition) is 6. The highest BCUT2D eigenvalue weighted by molar-refractivity contribution is 6.39. The van der Waals surface area contributed by atoms with Gasteiger partial charge in [-0.25, -0.2) is 9.69 Å². The van der Waals surface area contributed by atoms with E-state index in [0.29, 0.717) is 18.0 Å². The molecule has 4 amide bonds. The average Bonchev–Trinajstić information content (AvgIpc) is 3.20. The van der Waals surface area contributed by atoms with E-state index >= 15 is 0 Å². The molecule has 1 aromatic heterocycles. The van der Waals surface area contributed by atoms with Gasteiger partial charge in [0, 0.05) is 35.9 Å². The number of imide groups is 2. The van der Waals surface area contributed by atoms with Gasteiger partial charge in [0.25, 0.3) is 11.8 Å². The summed E-state index contributed by atoms with van der Waals surface area (Å²) in [6.45, 7) is 9.47. The molecule has 2 aliphatic rings. The molecule has 3 aromatic rings. The van der Waals surface area contributed by atoms with Crippen LogP contribution < -0.4 is 19.9 Å². The summed E-state index contributed by atoms with van der Waals surface area (Å²) in [4.78, 5) is 41.9. The number of aryl methyl sites for hydroxylation is 1. The summed E-state index contributed by atoms with van der Waals surface area (Å²) in [5.74, 6) is -0.775. The van der Waals surface area contributed by atoms with Crippen LogP contribution in [-0.4, -0.2) is 55.3 Å². The zero-order chi connectivity index (χ0) is 26.8. The number of aromatic nitrogens is 1. The maximum atomic E-state index is 13.3. The van der Waals surface area contributed by atoms with Gasteiger partial charge in [-0.15, -0.1) is 0 Å². The number of anilines is 2. The Bertz CT molecular complexity index is 1400. The quantitative estimate of drug-likeness (QED) is 0.395. The van der Waals surface area contributed by atoms with E-state index in [2.05, 4.69) is 39.0 Å². The summed E-state index contributed by atoms with van der Waals surface area (Å²) >= 11 is 0. The number of benzene rings is 2.